The lowest BCUT2D eigenvalue weighted by Crippen LogP contribution is -2.13. The van der Waals surface area contributed by atoms with Crippen molar-refractivity contribution in [3.8, 4) is 11.3 Å². The Balaban J connectivity index is 1.56. The van der Waals surface area contributed by atoms with Gasteiger partial charge in [-0.15, -0.1) is 0 Å². The van der Waals surface area contributed by atoms with Gasteiger partial charge in [-0.25, -0.2) is 9.97 Å². The van der Waals surface area contributed by atoms with E-state index in [4.69, 9.17) is 11.6 Å². The zero-order chi connectivity index (χ0) is 23.4. The Kier molecular flexibility index (Phi) is 6.28. The fraction of sp³-hybridized carbons (Fsp3) is 0.0417. The maximum absolute atomic E-state index is 12.8. The van der Waals surface area contributed by atoms with E-state index in [0.717, 1.165) is 11.3 Å². The van der Waals surface area contributed by atoms with E-state index in [9.17, 15) is 14.9 Å². The molecule has 3 aromatic carbocycles. The number of nitro groups is 1. The lowest BCUT2D eigenvalue weighted by atomic mass is 10.1. The summed E-state index contributed by atoms with van der Waals surface area (Å²) in [6, 6.07) is 22.4. The molecule has 9 heteroatoms. The number of carbonyl (C=O) groups excluding carboxylic acids is 1. The van der Waals surface area contributed by atoms with E-state index < -0.39 is 10.8 Å². The van der Waals surface area contributed by atoms with Crippen LogP contribution in [-0.2, 0) is 0 Å². The van der Waals surface area contributed by atoms with Crippen molar-refractivity contribution in [2.45, 2.75) is 6.92 Å². The van der Waals surface area contributed by atoms with Crippen LogP contribution in [0.5, 0.6) is 0 Å². The molecule has 1 aromatic heterocycles. The van der Waals surface area contributed by atoms with E-state index in [1.807, 2.05) is 36.4 Å². The van der Waals surface area contributed by atoms with E-state index >= 15 is 0 Å². The number of carbonyl (C=O) groups is 1. The second-order valence-corrected chi connectivity index (χ2v) is 7.57. The minimum atomic E-state index is -0.596. The van der Waals surface area contributed by atoms with Gasteiger partial charge >= 0.3 is 0 Å². The van der Waals surface area contributed by atoms with Gasteiger partial charge in [0, 0.05) is 34.0 Å². The Morgan fingerprint density at radius 1 is 0.970 bits per heavy atom. The molecule has 0 aliphatic heterocycles. The molecule has 4 rings (SSSR count). The maximum atomic E-state index is 12.8. The summed E-state index contributed by atoms with van der Waals surface area (Å²) in [6.07, 6.45) is 0. The van der Waals surface area contributed by atoms with Gasteiger partial charge < -0.3 is 10.6 Å². The van der Waals surface area contributed by atoms with E-state index in [0.29, 0.717) is 22.9 Å². The molecule has 0 spiro atoms. The molecule has 164 valence electrons. The first-order valence-corrected chi connectivity index (χ1v) is 10.3. The van der Waals surface area contributed by atoms with Crippen LogP contribution in [0.2, 0.25) is 5.02 Å². The number of halogens is 1. The predicted molar refractivity (Wildman–Crippen MR) is 128 cm³/mol. The van der Waals surface area contributed by atoms with Crippen molar-refractivity contribution in [2.24, 2.45) is 0 Å². The Hall–Kier alpha value is -4.30. The van der Waals surface area contributed by atoms with Gasteiger partial charge in [0.2, 0.25) is 0 Å². The van der Waals surface area contributed by atoms with Gasteiger partial charge in [-0.05, 0) is 37.3 Å². The number of benzene rings is 3. The van der Waals surface area contributed by atoms with Crippen LogP contribution in [0.15, 0.2) is 78.9 Å². The molecule has 0 saturated heterocycles. The van der Waals surface area contributed by atoms with Gasteiger partial charge in [0.05, 0.1) is 10.6 Å². The molecule has 33 heavy (non-hydrogen) atoms. The molecule has 1 heterocycles. The van der Waals surface area contributed by atoms with Crippen LogP contribution >= 0.6 is 11.6 Å². The van der Waals surface area contributed by atoms with E-state index in [-0.39, 0.29) is 16.4 Å². The molecule has 0 atom stereocenters. The summed E-state index contributed by atoms with van der Waals surface area (Å²) in [4.78, 5) is 32.3. The van der Waals surface area contributed by atoms with E-state index in [2.05, 4.69) is 20.6 Å². The number of hydrogen-bond donors (Lipinski definition) is 2. The van der Waals surface area contributed by atoms with Crippen LogP contribution in [0.25, 0.3) is 11.3 Å². The number of aryl methyl sites for hydroxylation is 1. The van der Waals surface area contributed by atoms with Gasteiger partial charge in [-0.2, -0.15) is 0 Å². The van der Waals surface area contributed by atoms with Gasteiger partial charge in [-0.1, -0.05) is 48.0 Å². The number of nitrogens with one attached hydrogen (secondary N) is 2. The molecule has 0 fully saturated rings. The topological polar surface area (TPSA) is 110 Å². The fourth-order valence-corrected chi connectivity index (χ4v) is 3.40. The highest BCUT2D eigenvalue weighted by Gasteiger charge is 2.17. The number of amides is 1. The molecule has 0 bridgehead atoms. The van der Waals surface area contributed by atoms with Crippen LogP contribution in [0, 0.1) is 17.0 Å². The number of anilines is 3. The smallest absolute Gasteiger partial charge is 0.294 e. The first-order chi connectivity index (χ1) is 15.9. The van der Waals surface area contributed by atoms with Crippen molar-refractivity contribution < 1.29 is 9.72 Å². The average Bonchev–Trinajstić information content (AvgIpc) is 2.80. The number of aromatic nitrogens is 2. The quantitative estimate of drug-likeness (QED) is 0.270. The molecule has 4 aromatic rings. The molecule has 0 radical (unpaired) electrons. The van der Waals surface area contributed by atoms with E-state index in [1.54, 1.807) is 31.2 Å². The molecular weight excluding hydrogens is 442 g/mol. The second-order valence-electron chi connectivity index (χ2n) is 7.13. The van der Waals surface area contributed by atoms with Crippen LogP contribution in [0.4, 0.5) is 22.9 Å². The van der Waals surface area contributed by atoms with Crippen molar-refractivity contribution >= 4 is 40.4 Å². The Bertz CT molecular complexity index is 1350. The van der Waals surface area contributed by atoms with Crippen LogP contribution in [-0.4, -0.2) is 20.8 Å². The molecular formula is C24H18ClN5O3. The number of nitro benzene ring substituents is 1. The van der Waals surface area contributed by atoms with Crippen molar-refractivity contribution in [1.29, 1.82) is 0 Å². The molecule has 0 unspecified atom stereocenters. The highest BCUT2D eigenvalue weighted by molar-refractivity contribution is 6.31. The van der Waals surface area contributed by atoms with Gasteiger partial charge in [0.1, 0.15) is 17.3 Å². The summed E-state index contributed by atoms with van der Waals surface area (Å²) in [5.41, 5.74) is 2.46. The largest absolute Gasteiger partial charge is 0.340 e. The lowest BCUT2D eigenvalue weighted by Gasteiger charge is -2.11. The predicted octanol–water partition coefficient (Wildman–Crippen LogP) is 6.01. The first kappa shape index (κ1) is 21.9. The minimum absolute atomic E-state index is 0.0618. The SMILES string of the molecule is Cc1nc(Nc2cccc(C(=O)Nc3ccc(Cl)cc3[N+](=O)[O-])c2)cc(-c2ccccc2)n1. The molecule has 0 aliphatic rings. The monoisotopic (exact) mass is 459 g/mol. The maximum Gasteiger partial charge on any atom is 0.294 e. The van der Waals surface area contributed by atoms with Crippen molar-refractivity contribution in [2.75, 3.05) is 10.6 Å². The third-order valence-electron chi connectivity index (χ3n) is 4.71. The normalized spacial score (nSPS) is 10.5. The fourth-order valence-electron chi connectivity index (χ4n) is 3.23. The summed E-state index contributed by atoms with van der Waals surface area (Å²) < 4.78 is 0. The Labute approximate surface area is 194 Å². The van der Waals surface area contributed by atoms with Crippen molar-refractivity contribution in [3.05, 3.63) is 105 Å². The summed E-state index contributed by atoms with van der Waals surface area (Å²) >= 11 is 5.84. The third kappa shape index (κ3) is 5.31. The summed E-state index contributed by atoms with van der Waals surface area (Å²) in [5, 5.41) is 17.3. The first-order valence-electron chi connectivity index (χ1n) is 9.92. The van der Waals surface area contributed by atoms with Crippen LogP contribution < -0.4 is 10.6 Å². The second kappa shape index (κ2) is 9.46. The minimum Gasteiger partial charge on any atom is -0.340 e. The van der Waals surface area contributed by atoms with Crippen molar-refractivity contribution in [3.63, 3.8) is 0 Å². The molecule has 1 amide bonds. The van der Waals surface area contributed by atoms with Crippen molar-refractivity contribution in [1.82, 2.24) is 9.97 Å². The van der Waals surface area contributed by atoms with E-state index in [1.165, 1.54) is 18.2 Å². The molecule has 0 aliphatic carbocycles. The Morgan fingerprint density at radius 3 is 2.52 bits per heavy atom. The van der Waals surface area contributed by atoms with Gasteiger partial charge in [-0.3, -0.25) is 14.9 Å². The molecule has 2 N–H and O–H groups in total. The summed E-state index contributed by atoms with van der Waals surface area (Å²) in [6.45, 7) is 1.81. The number of nitrogens with zero attached hydrogens (tertiary/aromatic N) is 3. The van der Waals surface area contributed by atoms with Crippen LogP contribution in [0.1, 0.15) is 16.2 Å². The number of rotatable bonds is 6. The van der Waals surface area contributed by atoms with Crippen LogP contribution in [0.3, 0.4) is 0 Å². The van der Waals surface area contributed by atoms with Gasteiger partial charge in [0.15, 0.2) is 0 Å². The standard InChI is InChI=1S/C24H18ClN5O3/c1-15-26-21(16-6-3-2-4-7-16)14-23(27-15)28-19-9-5-8-17(12-19)24(31)29-20-11-10-18(25)13-22(20)30(32)33/h2-14H,1H3,(H,29,31)(H,26,27,28). The highest BCUT2D eigenvalue weighted by atomic mass is 35.5. The zero-order valence-corrected chi connectivity index (χ0v) is 18.2. The summed E-state index contributed by atoms with van der Waals surface area (Å²) in [5.74, 6) is 0.683. The third-order valence-corrected chi connectivity index (χ3v) is 4.94. The number of hydrogen-bond acceptors (Lipinski definition) is 6. The Morgan fingerprint density at radius 2 is 1.76 bits per heavy atom. The molecule has 8 nitrogen and oxygen atoms in total. The highest BCUT2D eigenvalue weighted by Crippen LogP contribution is 2.28. The lowest BCUT2D eigenvalue weighted by molar-refractivity contribution is -0.383. The zero-order valence-electron chi connectivity index (χ0n) is 17.4. The average molecular weight is 460 g/mol. The molecule has 0 saturated carbocycles. The van der Waals surface area contributed by atoms with Gasteiger partial charge in [0.25, 0.3) is 11.6 Å². The summed E-state index contributed by atoms with van der Waals surface area (Å²) in [7, 11) is 0.